The summed E-state index contributed by atoms with van der Waals surface area (Å²) in [4.78, 5) is 27.3. The van der Waals surface area contributed by atoms with Crippen molar-refractivity contribution in [2.75, 3.05) is 6.54 Å². The van der Waals surface area contributed by atoms with E-state index in [9.17, 15) is 9.59 Å². The van der Waals surface area contributed by atoms with Crippen LogP contribution in [0.15, 0.2) is 42.5 Å². The van der Waals surface area contributed by atoms with Crippen LogP contribution in [-0.4, -0.2) is 29.3 Å². The highest BCUT2D eigenvalue weighted by atomic mass is 35.5. The molecule has 0 aliphatic heterocycles. The number of rotatable bonds is 8. The summed E-state index contributed by atoms with van der Waals surface area (Å²) < 4.78 is 0. The van der Waals surface area contributed by atoms with Gasteiger partial charge in [0.1, 0.15) is 6.04 Å². The molecule has 0 fully saturated rings. The van der Waals surface area contributed by atoms with Crippen molar-refractivity contribution in [2.45, 2.75) is 53.1 Å². The van der Waals surface area contributed by atoms with E-state index in [-0.39, 0.29) is 18.2 Å². The zero-order valence-corrected chi connectivity index (χ0v) is 17.8. The van der Waals surface area contributed by atoms with Crippen molar-refractivity contribution in [3.8, 4) is 0 Å². The summed E-state index contributed by atoms with van der Waals surface area (Å²) >= 11 is 6.10. The molecule has 4 nitrogen and oxygen atoms in total. The molecule has 5 heteroatoms. The Bertz CT molecular complexity index is 815. The van der Waals surface area contributed by atoms with Gasteiger partial charge in [0, 0.05) is 18.1 Å². The molecule has 150 valence electrons. The highest BCUT2D eigenvalue weighted by Crippen LogP contribution is 2.17. The first-order valence-electron chi connectivity index (χ1n) is 9.69. The van der Waals surface area contributed by atoms with Gasteiger partial charge in [0.25, 0.3) is 0 Å². The topological polar surface area (TPSA) is 49.4 Å². The van der Waals surface area contributed by atoms with E-state index in [2.05, 4.69) is 11.4 Å². The average molecular weight is 401 g/mol. The van der Waals surface area contributed by atoms with Gasteiger partial charge in [-0.05, 0) is 50.5 Å². The second kappa shape index (κ2) is 10.3. The van der Waals surface area contributed by atoms with E-state index >= 15 is 0 Å². The van der Waals surface area contributed by atoms with Crippen LogP contribution in [0.5, 0.6) is 0 Å². The van der Waals surface area contributed by atoms with Gasteiger partial charge in [0.05, 0.1) is 6.42 Å². The second-order valence-electron chi connectivity index (χ2n) is 7.29. The number of hydrogen-bond donors (Lipinski definition) is 1. The zero-order chi connectivity index (χ0) is 20.7. The summed E-state index contributed by atoms with van der Waals surface area (Å²) in [7, 11) is 0. The predicted molar refractivity (Wildman–Crippen MR) is 114 cm³/mol. The molecule has 28 heavy (non-hydrogen) atoms. The minimum Gasteiger partial charge on any atom is -0.354 e. The van der Waals surface area contributed by atoms with Gasteiger partial charge in [-0.1, -0.05) is 60.0 Å². The standard InChI is InChI=1S/C23H29ClN2O2/c1-5-9-25-23(28)18(4)26(15-19-7-6-8-21(24)13-19)22(27)14-20-11-16(2)10-17(3)12-20/h6-8,10-13,18H,5,9,14-15H2,1-4H3,(H,25,28). The average Bonchev–Trinajstić information content (AvgIpc) is 2.62. The smallest absolute Gasteiger partial charge is 0.242 e. The van der Waals surface area contributed by atoms with Crippen LogP contribution in [0.1, 0.15) is 42.5 Å². The Balaban J connectivity index is 2.24. The lowest BCUT2D eigenvalue weighted by Crippen LogP contribution is -2.48. The lowest BCUT2D eigenvalue weighted by Gasteiger charge is -2.29. The molecule has 2 aromatic carbocycles. The van der Waals surface area contributed by atoms with E-state index in [4.69, 9.17) is 11.6 Å². The van der Waals surface area contributed by atoms with E-state index in [1.165, 1.54) is 0 Å². The fourth-order valence-electron chi connectivity index (χ4n) is 3.26. The van der Waals surface area contributed by atoms with Crippen LogP contribution in [0.4, 0.5) is 0 Å². The van der Waals surface area contributed by atoms with E-state index in [0.29, 0.717) is 18.1 Å². The number of nitrogens with zero attached hydrogens (tertiary/aromatic N) is 1. The van der Waals surface area contributed by atoms with Gasteiger partial charge in [-0.25, -0.2) is 0 Å². The summed E-state index contributed by atoms with van der Waals surface area (Å²) in [5.74, 6) is -0.221. The maximum atomic E-state index is 13.2. The lowest BCUT2D eigenvalue weighted by molar-refractivity contribution is -0.140. The number of hydrogen-bond acceptors (Lipinski definition) is 2. The maximum absolute atomic E-state index is 13.2. The monoisotopic (exact) mass is 400 g/mol. The Labute approximate surface area is 172 Å². The molecule has 1 atom stereocenters. The number of carbonyl (C=O) groups is 2. The van der Waals surface area contributed by atoms with Gasteiger partial charge in [-0.15, -0.1) is 0 Å². The summed E-state index contributed by atoms with van der Waals surface area (Å²) in [6.45, 7) is 8.75. The van der Waals surface area contributed by atoms with Crippen molar-refractivity contribution < 1.29 is 9.59 Å². The minimum absolute atomic E-state index is 0.0795. The first-order valence-corrected chi connectivity index (χ1v) is 10.1. The summed E-state index contributed by atoms with van der Waals surface area (Å²) in [6, 6.07) is 12.9. The van der Waals surface area contributed by atoms with Crippen molar-refractivity contribution in [2.24, 2.45) is 0 Å². The molecule has 0 saturated carbocycles. The Morgan fingerprint density at radius 3 is 2.36 bits per heavy atom. The first kappa shape index (κ1) is 22.0. The predicted octanol–water partition coefficient (Wildman–Crippen LogP) is 4.44. The molecular formula is C23H29ClN2O2. The highest BCUT2D eigenvalue weighted by molar-refractivity contribution is 6.30. The molecule has 0 radical (unpaired) electrons. The molecule has 0 spiro atoms. The van der Waals surface area contributed by atoms with E-state index in [0.717, 1.165) is 28.7 Å². The van der Waals surface area contributed by atoms with E-state index in [1.807, 2.05) is 51.1 Å². The molecule has 0 saturated heterocycles. The molecule has 0 aromatic heterocycles. The van der Waals surface area contributed by atoms with Crippen molar-refractivity contribution >= 4 is 23.4 Å². The largest absolute Gasteiger partial charge is 0.354 e. The Morgan fingerprint density at radius 1 is 1.07 bits per heavy atom. The van der Waals surface area contributed by atoms with E-state index in [1.54, 1.807) is 17.9 Å². The molecule has 2 amide bonds. The van der Waals surface area contributed by atoms with Crippen LogP contribution in [0, 0.1) is 13.8 Å². The van der Waals surface area contributed by atoms with Crippen molar-refractivity contribution in [3.63, 3.8) is 0 Å². The molecule has 2 aromatic rings. The fraction of sp³-hybridized carbons (Fsp3) is 0.391. The Kier molecular flexibility index (Phi) is 8.06. The second-order valence-corrected chi connectivity index (χ2v) is 7.73. The molecule has 0 heterocycles. The highest BCUT2D eigenvalue weighted by Gasteiger charge is 2.26. The van der Waals surface area contributed by atoms with Crippen molar-refractivity contribution in [3.05, 3.63) is 69.7 Å². The number of halogens is 1. The normalized spacial score (nSPS) is 11.8. The van der Waals surface area contributed by atoms with Crippen LogP contribution in [0.25, 0.3) is 0 Å². The third kappa shape index (κ3) is 6.38. The van der Waals surface area contributed by atoms with Gasteiger partial charge in [-0.2, -0.15) is 0 Å². The summed E-state index contributed by atoms with van der Waals surface area (Å²) in [6.07, 6.45) is 1.11. The molecule has 0 aliphatic rings. The van der Waals surface area contributed by atoms with Gasteiger partial charge in [0.2, 0.25) is 11.8 Å². The van der Waals surface area contributed by atoms with Crippen LogP contribution in [0.3, 0.4) is 0 Å². The maximum Gasteiger partial charge on any atom is 0.242 e. The molecule has 0 aliphatic carbocycles. The third-order valence-electron chi connectivity index (χ3n) is 4.60. The van der Waals surface area contributed by atoms with Crippen molar-refractivity contribution in [1.82, 2.24) is 10.2 Å². The lowest BCUT2D eigenvalue weighted by atomic mass is 10.0. The van der Waals surface area contributed by atoms with Crippen molar-refractivity contribution in [1.29, 1.82) is 0 Å². The molecular weight excluding hydrogens is 372 g/mol. The fourth-order valence-corrected chi connectivity index (χ4v) is 3.47. The van der Waals surface area contributed by atoms with Gasteiger partial charge in [0.15, 0.2) is 0 Å². The Hall–Kier alpha value is -2.33. The SMILES string of the molecule is CCCNC(=O)C(C)N(Cc1cccc(Cl)c1)C(=O)Cc1cc(C)cc(C)c1. The van der Waals surface area contributed by atoms with Gasteiger partial charge < -0.3 is 10.2 Å². The molecule has 0 bridgehead atoms. The Morgan fingerprint density at radius 2 is 1.75 bits per heavy atom. The zero-order valence-electron chi connectivity index (χ0n) is 17.1. The van der Waals surface area contributed by atoms with Crippen LogP contribution >= 0.6 is 11.6 Å². The number of amides is 2. The molecule has 1 unspecified atom stereocenters. The van der Waals surface area contributed by atoms with Crippen LogP contribution in [0.2, 0.25) is 5.02 Å². The summed E-state index contributed by atoms with van der Waals surface area (Å²) in [5.41, 5.74) is 4.10. The number of carbonyl (C=O) groups excluding carboxylic acids is 2. The third-order valence-corrected chi connectivity index (χ3v) is 4.83. The van der Waals surface area contributed by atoms with Gasteiger partial charge in [-0.3, -0.25) is 9.59 Å². The minimum atomic E-state index is -0.566. The van der Waals surface area contributed by atoms with E-state index < -0.39 is 6.04 Å². The summed E-state index contributed by atoms with van der Waals surface area (Å²) in [5, 5.41) is 3.50. The van der Waals surface area contributed by atoms with Crippen LogP contribution < -0.4 is 5.32 Å². The number of nitrogens with one attached hydrogen (secondary N) is 1. The molecule has 2 rings (SSSR count). The quantitative estimate of drug-likeness (QED) is 0.711. The number of aryl methyl sites for hydroxylation is 2. The number of benzene rings is 2. The van der Waals surface area contributed by atoms with Crippen LogP contribution in [-0.2, 0) is 22.6 Å². The van der Waals surface area contributed by atoms with Gasteiger partial charge >= 0.3 is 0 Å². The first-order chi connectivity index (χ1) is 13.3. The molecule has 1 N–H and O–H groups in total.